The maximum Gasteiger partial charge on any atom is 0.251 e. The van der Waals surface area contributed by atoms with Crippen LogP contribution in [-0.4, -0.2) is 68.2 Å². The van der Waals surface area contributed by atoms with E-state index in [-0.39, 0.29) is 60.7 Å². The Morgan fingerprint density at radius 2 is 1.63 bits per heavy atom. The summed E-state index contributed by atoms with van der Waals surface area (Å²) >= 11 is 0. The summed E-state index contributed by atoms with van der Waals surface area (Å²) < 4.78 is 22.9. The number of carbonyl (C=O) groups is 3. The van der Waals surface area contributed by atoms with E-state index in [1.54, 1.807) is 19.1 Å². The van der Waals surface area contributed by atoms with Gasteiger partial charge < -0.3 is 15.5 Å². The molecule has 2 rings (SSSR count). The number of hydrogen-bond acceptors (Lipinski definition) is 5. The molecule has 0 aliphatic carbocycles. The molecule has 0 radical (unpaired) electrons. The zero-order valence-electron chi connectivity index (χ0n) is 18.0. The molecule has 1 aromatic carbocycles. The lowest BCUT2D eigenvalue weighted by atomic mass is 9.87. The molecule has 1 aromatic rings. The lowest BCUT2D eigenvalue weighted by molar-refractivity contribution is -0.135. The summed E-state index contributed by atoms with van der Waals surface area (Å²) in [5.41, 5.74) is 1.65. The highest BCUT2D eigenvalue weighted by Crippen LogP contribution is 2.22. The zero-order valence-corrected chi connectivity index (χ0v) is 18.8. The number of rotatable bonds is 6. The van der Waals surface area contributed by atoms with Gasteiger partial charge in [0.2, 0.25) is 11.8 Å². The van der Waals surface area contributed by atoms with E-state index >= 15 is 0 Å². The van der Waals surface area contributed by atoms with Crippen LogP contribution in [0.5, 0.6) is 0 Å². The van der Waals surface area contributed by atoms with Crippen LogP contribution in [0.2, 0.25) is 0 Å². The van der Waals surface area contributed by atoms with Gasteiger partial charge in [0, 0.05) is 31.6 Å². The highest BCUT2D eigenvalue weighted by atomic mass is 32.2. The lowest BCUT2D eigenvalue weighted by Gasteiger charge is -2.29. The van der Waals surface area contributed by atoms with Crippen molar-refractivity contribution in [1.29, 1.82) is 0 Å². The molecule has 1 atom stereocenters. The Morgan fingerprint density at radius 3 is 2.17 bits per heavy atom. The van der Waals surface area contributed by atoms with Crippen molar-refractivity contribution in [3.63, 3.8) is 0 Å². The second-order valence-electron chi connectivity index (χ2n) is 8.60. The Hall–Kier alpha value is -2.42. The van der Waals surface area contributed by atoms with Crippen LogP contribution in [0.1, 0.15) is 50.0 Å². The fourth-order valence-electron chi connectivity index (χ4n) is 3.10. The summed E-state index contributed by atoms with van der Waals surface area (Å²) in [7, 11) is -3.07. The standard InChI is InChI=1S/C21H31N3O5S/c1-15(20(27)24-11-13-30(28,29)14-12-24)23-18(25)9-10-22-19(26)16-5-7-17(8-6-16)21(2,3)4/h5-8,15H,9-14H2,1-4H3,(H,22,26)(H,23,25). The number of sulfone groups is 1. The molecule has 9 heteroatoms. The van der Waals surface area contributed by atoms with Gasteiger partial charge in [-0.05, 0) is 30.0 Å². The van der Waals surface area contributed by atoms with Gasteiger partial charge >= 0.3 is 0 Å². The Labute approximate surface area is 178 Å². The lowest BCUT2D eigenvalue weighted by Crippen LogP contribution is -2.51. The molecule has 1 unspecified atom stereocenters. The van der Waals surface area contributed by atoms with E-state index < -0.39 is 15.9 Å². The van der Waals surface area contributed by atoms with Crippen molar-refractivity contribution in [3.8, 4) is 0 Å². The van der Waals surface area contributed by atoms with Gasteiger partial charge in [-0.25, -0.2) is 8.42 Å². The molecule has 0 aromatic heterocycles. The van der Waals surface area contributed by atoms with Crippen LogP contribution in [0, 0.1) is 0 Å². The van der Waals surface area contributed by atoms with Crippen LogP contribution >= 0.6 is 0 Å². The molecule has 1 aliphatic heterocycles. The minimum Gasteiger partial charge on any atom is -0.352 e. The Morgan fingerprint density at radius 1 is 1.07 bits per heavy atom. The molecule has 0 saturated carbocycles. The van der Waals surface area contributed by atoms with Gasteiger partial charge in [-0.1, -0.05) is 32.9 Å². The van der Waals surface area contributed by atoms with Crippen molar-refractivity contribution in [1.82, 2.24) is 15.5 Å². The molecule has 0 spiro atoms. The molecule has 1 fully saturated rings. The molecule has 2 N–H and O–H groups in total. The molecule has 8 nitrogen and oxygen atoms in total. The molecule has 1 aliphatic rings. The van der Waals surface area contributed by atoms with Crippen LogP contribution < -0.4 is 10.6 Å². The van der Waals surface area contributed by atoms with E-state index in [0.29, 0.717) is 5.56 Å². The second-order valence-corrected chi connectivity index (χ2v) is 10.9. The molecular weight excluding hydrogens is 406 g/mol. The minimum absolute atomic E-state index is 0.00365. The molecule has 30 heavy (non-hydrogen) atoms. The molecule has 1 saturated heterocycles. The Balaban J connectivity index is 1.75. The SMILES string of the molecule is CC(NC(=O)CCNC(=O)c1ccc(C(C)(C)C)cc1)C(=O)N1CCS(=O)(=O)CC1. The molecule has 166 valence electrons. The summed E-state index contributed by atoms with van der Waals surface area (Å²) in [4.78, 5) is 38.1. The van der Waals surface area contributed by atoms with Gasteiger partial charge in [-0.15, -0.1) is 0 Å². The third-order valence-electron chi connectivity index (χ3n) is 5.05. The first kappa shape index (κ1) is 23.9. The van der Waals surface area contributed by atoms with Gasteiger partial charge in [0.15, 0.2) is 9.84 Å². The van der Waals surface area contributed by atoms with Crippen LogP contribution in [0.4, 0.5) is 0 Å². The topological polar surface area (TPSA) is 113 Å². The number of carbonyl (C=O) groups excluding carboxylic acids is 3. The van der Waals surface area contributed by atoms with Gasteiger partial charge in [-0.3, -0.25) is 14.4 Å². The van der Waals surface area contributed by atoms with E-state index in [9.17, 15) is 22.8 Å². The average molecular weight is 438 g/mol. The monoisotopic (exact) mass is 437 g/mol. The summed E-state index contributed by atoms with van der Waals surface area (Å²) in [5.74, 6) is -1.03. The van der Waals surface area contributed by atoms with Crippen molar-refractivity contribution in [2.24, 2.45) is 0 Å². The summed E-state index contributed by atoms with van der Waals surface area (Å²) in [6.07, 6.45) is 0.0395. The summed E-state index contributed by atoms with van der Waals surface area (Å²) in [5, 5.41) is 5.31. The maximum atomic E-state index is 12.4. The quantitative estimate of drug-likeness (QED) is 0.686. The highest BCUT2D eigenvalue weighted by Gasteiger charge is 2.28. The fraction of sp³-hybridized carbons (Fsp3) is 0.571. The maximum absolute atomic E-state index is 12.4. The van der Waals surface area contributed by atoms with Gasteiger partial charge in [-0.2, -0.15) is 0 Å². The smallest absolute Gasteiger partial charge is 0.251 e. The van der Waals surface area contributed by atoms with Gasteiger partial charge in [0.25, 0.3) is 5.91 Å². The molecule has 0 bridgehead atoms. The van der Waals surface area contributed by atoms with Crippen LogP contribution in [-0.2, 0) is 24.8 Å². The first-order chi connectivity index (χ1) is 13.9. The van der Waals surface area contributed by atoms with Crippen LogP contribution in [0.25, 0.3) is 0 Å². The van der Waals surface area contributed by atoms with E-state index in [1.807, 2.05) is 12.1 Å². The number of nitrogens with zero attached hydrogens (tertiary/aromatic N) is 1. The van der Waals surface area contributed by atoms with Crippen molar-refractivity contribution >= 4 is 27.6 Å². The van der Waals surface area contributed by atoms with E-state index in [4.69, 9.17) is 0 Å². The summed E-state index contributed by atoms with van der Waals surface area (Å²) in [6, 6.07) is 6.60. The first-order valence-corrected chi connectivity index (χ1v) is 11.9. The predicted octanol–water partition coefficient (Wildman–Crippen LogP) is 0.866. The number of amides is 3. The van der Waals surface area contributed by atoms with Crippen LogP contribution in [0.15, 0.2) is 24.3 Å². The van der Waals surface area contributed by atoms with Crippen molar-refractivity contribution in [2.45, 2.75) is 45.6 Å². The second kappa shape index (κ2) is 9.59. The van der Waals surface area contributed by atoms with Gasteiger partial charge in [0.05, 0.1) is 11.5 Å². The van der Waals surface area contributed by atoms with Crippen molar-refractivity contribution in [3.05, 3.63) is 35.4 Å². The minimum atomic E-state index is -3.07. The number of nitrogens with one attached hydrogen (secondary N) is 2. The van der Waals surface area contributed by atoms with Crippen molar-refractivity contribution in [2.75, 3.05) is 31.1 Å². The largest absolute Gasteiger partial charge is 0.352 e. The fourth-order valence-corrected chi connectivity index (χ4v) is 4.30. The zero-order chi connectivity index (χ0) is 22.5. The van der Waals surface area contributed by atoms with Crippen molar-refractivity contribution < 1.29 is 22.8 Å². The van der Waals surface area contributed by atoms with E-state index in [2.05, 4.69) is 31.4 Å². The average Bonchev–Trinajstić information content (AvgIpc) is 2.66. The Bertz CT molecular complexity index is 874. The molecular formula is C21H31N3O5S. The van der Waals surface area contributed by atoms with E-state index in [0.717, 1.165) is 5.56 Å². The molecule has 1 heterocycles. The highest BCUT2D eigenvalue weighted by molar-refractivity contribution is 7.91. The summed E-state index contributed by atoms with van der Waals surface area (Å²) in [6.45, 7) is 8.29. The molecule has 3 amide bonds. The third kappa shape index (κ3) is 6.83. The predicted molar refractivity (Wildman–Crippen MR) is 115 cm³/mol. The third-order valence-corrected chi connectivity index (χ3v) is 6.66. The van der Waals surface area contributed by atoms with Gasteiger partial charge in [0.1, 0.15) is 6.04 Å². The van der Waals surface area contributed by atoms with E-state index in [1.165, 1.54) is 4.90 Å². The number of benzene rings is 1. The number of hydrogen-bond donors (Lipinski definition) is 2. The normalized spacial score (nSPS) is 17.1. The Kier molecular flexibility index (Phi) is 7.63. The van der Waals surface area contributed by atoms with Crippen LogP contribution in [0.3, 0.4) is 0 Å². The first-order valence-electron chi connectivity index (χ1n) is 10.1.